The van der Waals surface area contributed by atoms with Crippen molar-refractivity contribution in [3.05, 3.63) is 29.0 Å². The van der Waals surface area contributed by atoms with Gasteiger partial charge in [-0.25, -0.2) is 4.98 Å². The maximum absolute atomic E-state index is 11.3. The molecule has 0 aromatic carbocycles. The van der Waals surface area contributed by atoms with Crippen molar-refractivity contribution in [2.75, 3.05) is 6.54 Å². The topological polar surface area (TPSA) is 50.3 Å². The Morgan fingerprint density at radius 1 is 1.47 bits per heavy atom. The van der Waals surface area contributed by atoms with Crippen molar-refractivity contribution in [1.29, 1.82) is 0 Å². The van der Waals surface area contributed by atoms with Crippen molar-refractivity contribution in [2.45, 2.75) is 13.0 Å². The molecule has 4 nitrogen and oxygen atoms in total. The van der Waals surface area contributed by atoms with Gasteiger partial charge in [0, 0.05) is 18.3 Å². The summed E-state index contributed by atoms with van der Waals surface area (Å²) in [4.78, 5) is 27.8. The second-order valence-electron chi connectivity index (χ2n) is 3.42. The molecule has 78 valence electrons. The molecule has 1 aromatic heterocycles. The Balaban J connectivity index is 2.13. The molecular weight excluding hydrogens is 216 g/mol. The van der Waals surface area contributed by atoms with Gasteiger partial charge in [-0.05, 0) is 6.07 Å². The molecule has 0 radical (unpaired) electrons. The quantitative estimate of drug-likeness (QED) is 0.557. The Bertz CT molecular complexity index is 420. The van der Waals surface area contributed by atoms with Gasteiger partial charge in [0.1, 0.15) is 5.15 Å². The van der Waals surface area contributed by atoms with Crippen molar-refractivity contribution in [3.8, 4) is 0 Å². The summed E-state index contributed by atoms with van der Waals surface area (Å²) in [6, 6.07) is 3.55. The number of carbonyl (C=O) groups excluding carboxylic acids is 2. The summed E-state index contributed by atoms with van der Waals surface area (Å²) in [6.45, 7) is 0.543. The average Bonchev–Trinajstić information content (AvgIpc) is 2.49. The highest BCUT2D eigenvalue weighted by Crippen LogP contribution is 2.17. The lowest BCUT2D eigenvalue weighted by molar-refractivity contribution is -0.128. The zero-order chi connectivity index (χ0) is 10.8. The van der Waals surface area contributed by atoms with Gasteiger partial charge >= 0.3 is 0 Å². The van der Waals surface area contributed by atoms with E-state index in [9.17, 15) is 9.59 Å². The molecule has 0 spiro atoms. The molecule has 1 saturated heterocycles. The Kier molecular flexibility index (Phi) is 2.68. The van der Waals surface area contributed by atoms with Crippen LogP contribution in [0.15, 0.2) is 18.3 Å². The third-order valence-corrected chi connectivity index (χ3v) is 2.61. The molecule has 1 aliphatic heterocycles. The molecule has 0 unspecified atom stereocenters. The number of halogens is 1. The van der Waals surface area contributed by atoms with E-state index in [4.69, 9.17) is 11.6 Å². The van der Waals surface area contributed by atoms with E-state index < -0.39 is 0 Å². The molecule has 2 rings (SSSR count). The molecule has 1 fully saturated rings. The lowest BCUT2D eigenvalue weighted by Gasteiger charge is -2.14. The number of hydrogen-bond acceptors (Lipinski definition) is 3. The van der Waals surface area contributed by atoms with Crippen LogP contribution < -0.4 is 0 Å². The number of nitrogens with zero attached hydrogens (tertiary/aromatic N) is 2. The monoisotopic (exact) mass is 224 g/mol. The van der Waals surface area contributed by atoms with Gasteiger partial charge < -0.3 is 4.90 Å². The van der Waals surface area contributed by atoms with E-state index in [2.05, 4.69) is 4.98 Å². The fraction of sp³-hybridized carbons (Fsp3) is 0.300. The van der Waals surface area contributed by atoms with E-state index in [0.717, 1.165) is 5.56 Å². The van der Waals surface area contributed by atoms with E-state index in [0.29, 0.717) is 11.7 Å². The number of carbonyl (C=O) groups is 2. The summed E-state index contributed by atoms with van der Waals surface area (Å²) < 4.78 is 0. The molecule has 0 bridgehead atoms. The van der Waals surface area contributed by atoms with Crippen LogP contribution in [0.4, 0.5) is 0 Å². The summed E-state index contributed by atoms with van der Waals surface area (Å²) in [5.74, 6) is -0.181. The van der Waals surface area contributed by atoms with E-state index >= 15 is 0 Å². The van der Waals surface area contributed by atoms with Crippen LogP contribution in [-0.2, 0) is 16.1 Å². The largest absolute Gasteiger partial charge is 0.331 e. The number of likely N-dealkylation sites (tertiary alicyclic amines) is 1. The van der Waals surface area contributed by atoms with Crippen LogP contribution in [0.1, 0.15) is 12.0 Å². The molecule has 0 aliphatic carbocycles. The van der Waals surface area contributed by atoms with E-state index in [1.54, 1.807) is 18.3 Å². The molecule has 15 heavy (non-hydrogen) atoms. The lowest BCUT2D eigenvalue weighted by atomic mass is 10.3. The Hall–Kier alpha value is -1.42. The first-order valence-electron chi connectivity index (χ1n) is 4.55. The minimum absolute atomic E-state index is 0.0118. The fourth-order valence-electron chi connectivity index (χ4n) is 1.52. The molecule has 0 atom stereocenters. The first-order valence-corrected chi connectivity index (χ1v) is 4.93. The second kappa shape index (κ2) is 3.98. The van der Waals surface area contributed by atoms with Crippen molar-refractivity contribution in [3.63, 3.8) is 0 Å². The van der Waals surface area contributed by atoms with Crippen LogP contribution >= 0.6 is 11.6 Å². The van der Waals surface area contributed by atoms with Crippen LogP contribution in [0, 0.1) is 0 Å². The van der Waals surface area contributed by atoms with Gasteiger partial charge in [-0.3, -0.25) is 9.59 Å². The number of rotatable bonds is 2. The number of Topliss-reactive ketones (excluding diaryl/α,β-unsaturated/α-hetero) is 1. The third kappa shape index (κ3) is 2.15. The summed E-state index contributed by atoms with van der Waals surface area (Å²) in [5.41, 5.74) is 0.766. The van der Waals surface area contributed by atoms with Crippen LogP contribution in [0.3, 0.4) is 0 Å². The minimum Gasteiger partial charge on any atom is -0.331 e. The van der Waals surface area contributed by atoms with Crippen molar-refractivity contribution in [1.82, 2.24) is 9.88 Å². The molecule has 1 aliphatic rings. The van der Waals surface area contributed by atoms with Gasteiger partial charge in [-0.2, -0.15) is 0 Å². The maximum Gasteiger partial charge on any atom is 0.230 e. The molecule has 0 saturated carbocycles. The van der Waals surface area contributed by atoms with Crippen LogP contribution in [0.2, 0.25) is 5.15 Å². The summed E-state index contributed by atoms with van der Waals surface area (Å²) >= 11 is 5.85. The highest BCUT2D eigenvalue weighted by atomic mass is 35.5. The number of amides is 1. The second-order valence-corrected chi connectivity index (χ2v) is 3.78. The number of pyridine rings is 1. The van der Waals surface area contributed by atoms with E-state index in [-0.39, 0.29) is 24.7 Å². The van der Waals surface area contributed by atoms with E-state index in [1.165, 1.54) is 4.90 Å². The molecule has 0 N–H and O–H groups in total. The number of hydrogen-bond donors (Lipinski definition) is 0. The Labute approximate surface area is 91.9 Å². The van der Waals surface area contributed by atoms with Crippen molar-refractivity contribution in [2.24, 2.45) is 0 Å². The van der Waals surface area contributed by atoms with Gasteiger partial charge in [-0.1, -0.05) is 17.7 Å². The summed E-state index contributed by atoms with van der Waals surface area (Å²) in [6.07, 6.45) is 1.60. The summed E-state index contributed by atoms with van der Waals surface area (Å²) in [7, 11) is 0. The van der Waals surface area contributed by atoms with Crippen molar-refractivity contribution >= 4 is 23.3 Å². The zero-order valence-electron chi connectivity index (χ0n) is 7.94. The standard InChI is InChI=1S/C10H9ClN2O2/c11-10-7(2-1-3-12-10)5-13-6-8(14)4-9(13)15/h1-3H,4-6H2. The van der Waals surface area contributed by atoms with Crippen molar-refractivity contribution < 1.29 is 9.59 Å². The summed E-state index contributed by atoms with van der Waals surface area (Å²) in [5, 5.41) is 0.379. The minimum atomic E-state index is -0.139. The number of ketones is 1. The smallest absolute Gasteiger partial charge is 0.230 e. The molecular formula is C10H9ClN2O2. The lowest BCUT2D eigenvalue weighted by Crippen LogP contribution is -2.24. The van der Waals surface area contributed by atoms with Gasteiger partial charge in [0.2, 0.25) is 5.91 Å². The first kappa shape index (κ1) is 10.1. The zero-order valence-corrected chi connectivity index (χ0v) is 8.70. The first-order chi connectivity index (χ1) is 7.16. The molecule has 1 amide bonds. The van der Waals surface area contributed by atoms with E-state index in [1.807, 2.05) is 0 Å². The molecule has 2 heterocycles. The van der Waals surface area contributed by atoms with Gasteiger partial charge in [-0.15, -0.1) is 0 Å². The highest BCUT2D eigenvalue weighted by Gasteiger charge is 2.27. The van der Waals surface area contributed by atoms with Crippen LogP contribution in [0.5, 0.6) is 0 Å². The van der Waals surface area contributed by atoms with Crippen LogP contribution in [0.25, 0.3) is 0 Å². The SMILES string of the molecule is O=C1CC(=O)N(Cc2cccnc2Cl)C1. The Morgan fingerprint density at radius 3 is 2.87 bits per heavy atom. The Morgan fingerprint density at radius 2 is 2.27 bits per heavy atom. The predicted molar refractivity (Wildman–Crippen MR) is 54.3 cm³/mol. The third-order valence-electron chi connectivity index (χ3n) is 2.27. The fourth-order valence-corrected chi connectivity index (χ4v) is 1.70. The van der Waals surface area contributed by atoms with Crippen LogP contribution in [-0.4, -0.2) is 28.1 Å². The average molecular weight is 225 g/mol. The van der Waals surface area contributed by atoms with Gasteiger partial charge in [0.25, 0.3) is 0 Å². The van der Waals surface area contributed by atoms with Gasteiger partial charge in [0.05, 0.1) is 13.0 Å². The molecule has 1 aromatic rings. The molecule has 5 heteroatoms. The van der Waals surface area contributed by atoms with Gasteiger partial charge in [0.15, 0.2) is 5.78 Å². The normalized spacial score (nSPS) is 16.2. The predicted octanol–water partition coefficient (Wildman–Crippen LogP) is 1.04. The maximum atomic E-state index is 11.3. The number of aromatic nitrogens is 1. The highest BCUT2D eigenvalue weighted by molar-refractivity contribution is 6.30.